The fraction of sp³-hybridized carbons (Fsp3) is 0.611. The molecule has 1 aromatic carbocycles. The Balaban J connectivity index is 1.65. The summed E-state index contributed by atoms with van der Waals surface area (Å²) in [7, 11) is 0. The fourth-order valence-electron chi connectivity index (χ4n) is 3.48. The summed E-state index contributed by atoms with van der Waals surface area (Å²) in [5.41, 5.74) is 2.58. The van der Waals surface area contributed by atoms with Crippen molar-refractivity contribution in [2.45, 2.75) is 44.9 Å². The number of fused-ring (bicyclic) bond motifs is 1. The third kappa shape index (κ3) is 3.55. The molecule has 0 radical (unpaired) electrons. The minimum atomic E-state index is -1.12. The minimum absolute atomic E-state index is 0.257. The van der Waals surface area contributed by atoms with E-state index in [1.807, 2.05) is 20.8 Å². The van der Waals surface area contributed by atoms with Gasteiger partial charge in [-0.15, -0.1) is 0 Å². The standard InChI is InChI=1S/C18H26N2OS/c1-18(2,3)22(21)19-17-10-9-15-12-20(13-16(15)17)11-14-7-5-4-6-8-14/h4-8,15-16H,9-13H2,1-3H3/b19-17-. The molecule has 1 aromatic rings. The van der Waals surface area contributed by atoms with Crippen molar-refractivity contribution in [2.75, 3.05) is 13.1 Å². The summed E-state index contributed by atoms with van der Waals surface area (Å²) < 4.78 is 16.6. The van der Waals surface area contributed by atoms with Crippen molar-refractivity contribution in [1.29, 1.82) is 0 Å². The zero-order valence-corrected chi connectivity index (χ0v) is 14.6. The molecule has 3 atom stereocenters. The van der Waals surface area contributed by atoms with E-state index < -0.39 is 11.4 Å². The van der Waals surface area contributed by atoms with Gasteiger partial charge in [0.1, 0.15) is 16.1 Å². The monoisotopic (exact) mass is 318 g/mol. The van der Waals surface area contributed by atoms with Crippen LogP contribution < -0.4 is 0 Å². The molecule has 1 heterocycles. The van der Waals surface area contributed by atoms with Gasteiger partial charge in [0, 0.05) is 25.6 Å². The van der Waals surface area contributed by atoms with E-state index in [0.29, 0.717) is 11.8 Å². The first-order chi connectivity index (χ1) is 10.4. The lowest BCUT2D eigenvalue weighted by Crippen LogP contribution is -2.28. The van der Waals surface area contributed by atoms with Crippen LogP contribution in [0.25, 0.3) is 0 Å². The van der Waals surface area contributed by atoms with Crippen molar-refractivity contribution in [3.05, 3.63) is 35.9 Å². The van der Waals surface area contributed by atoms with Gasteiger partial charge in [-0.3, -0.25) is 4.90 Å². The Morgan fingerprint density at radius 2 is 1.95 bits per heavy atom. The fourth-order valence-corrected chi connectivity index (χ4v) is 4.19. The lowest BCUT2D eigenvalue weighted by atomic mass is 10.00. The maximum absolute atomic E-state index is 12.3. The molecule has 2 aliphatic rings. The molecule has 3 unspecified atom stereocenters. The van der Waals surface area contributed by atoms with Crippen molar-refractivity contribution in [1.82, 2.24) is 4.90 Å². The normalized spacial score (nSPS) is 29.0. The maximum atomic E-state index is 12.3. The zero-order chi connectivity index (χ0) is 15.7. The second kappa shape index (κ2) is 6.34. The van der Waals surface area contributed by atoms with Gasteiger partial charge >= 0.3 is 0 Å². The summed E-state index contributed by atoms with van der Waals surface area (Å²) in [5.74, 6) is 1.23. The molecule has 120 valence electrons. The minimum Gasteiger partial charge on any atom is -0.591 e. The van der Waals surface area contributed by atoms with Crippen molar-refractivity contribution in [2.24, 2.45) is 16.2 Å². The molecule has 1 aliphatic heterocycles. The van der Waals surface area contributed by atoms with Gasteiger partial charge in [-0.05, 0) is 45.1 Å². The van der Waals surface area contributed by atoms with E-state index in [4.69, 9.17) is 0 Å². The highest BCUT2D eigenvalue weighted by Gasteiger charge is 2.42. The van der Waals surface area contributed by atoms with E-state index in [9.17, 15) is 4.55 Å². The quantitative estimate of drug-likeness (QED) is 0.801. The van der Waals surface area contributed by atoms with Crippen molar-refractivity contribution in [3.8, 4) is 0 Å². The second-order valence-corrected chi connectivity index (χ2v) is 9.43. The Labute approximate surface area is 137 Å². The van der Waals surface area contributed by atoms with E-state index in [1.165, 1.54) is 17.7 Å². The van der Waals surface area contributed by atoms with Crippen LogP contribution in [0.1, 0.15) is 39.2 Å². The summed E-state index contributed by atoms with van der Waals surface area (Å²) in [5, 5.41) is 0. The topological polar surface area (TPSA) is 38.7 Å². The first-order valence-corrected chi connectivity index (χ1v) is 9.30. The second-order valence-electron chi connectivity index (χ2n) is 7.53. The van der Waals surface area contributed by atoms with Crippen LogP contribution in [0, 0.1) is 11.8 Å². The van der Waals surface area contributed by atoms with Crippen LogP contribution in [0.5, 0.6) is 0 Å². The third-order valence-electron chi connectivity index (χ3n) is 4.69. The van der Waals surface area contributed by atoms with Gasteiger partial charge in [-0.1, -0.05) is 34.7 Å². The van der Waals surface area contributed by atoms with Crippen LogP contribution in [0.4, 0.5) is 0 Å². The van der Waals surface area contributed by atoms with Crippen LogP contribution in [0.15, 0.2) is 34.7 Å². The molecule has 0 amide bonds. The molecule has 1 aliphatic carbocycles. The highest BCUT2D eigenvalue weighted by atomic mass is 32.2. The first-order valence-electron chi connectivity index (χ1n) is 8.19. The van der Waals surface area contributed by atoms with Crippen LogP contribution in [0.3, 0.4) is 0 Å². The zero-order valence-electron chi connectivity index (χ0n) is 13.8. The highest BCUT2D eigenvalue weighted by Crippen LogP contribution is 2.37. The van der Waals surface area contributed by atoms with Gasteiger partial charge in [0.25, 0.3) is 0 Å². The molecule has 2 fully saturated rings. The molecule has 0 spiro atoms. The largest absolute Gasteiger partial charge is 0.591 e. The molecule has 0 aromatic heterocycles. The molecule has 1 saturated carbocycles. The van der Waals surface area contributed by atoms with Gasteiger partial charge in [0.05, 0.1) is 5.71 Å². The van der Waals surface area contributed by atoms with Crippen LogP contribution >= 0.6 is 0 Å². The SMILES string of the molecule is CC(C)(C)[S+]([O-])/N=C1/CCC2CN(Cc3ccccc3)CC12. The summed E-state index contributed by atoms with van der Waals surface area (Å²) in [6.07, 6.45) is 2.24. The maximum Gasteiger partial charge on any atom is 0.144 e. The van der Waals surface area contributed by atoms with Crippen molar-refractivity contribution < 1.29 is 4.55 Å². The Morgan fingerprint density at radius 3 is 2.64 bits per heavy atom. The number of nitrogens with zero attached hydrogens (tertiary/aromatic N) is 2. The van der Waals surface area contributed by atoms with Gasteiger partial charge in [0.15, 0.2) is 0 Å². The summed E-state index contributed by atoms with van der Waals surface area (Å²) in [6.45, 7) is 9.23. The molecule has 3 rings (SSSR count). The summed E-state index contributed by atoms with van der Waals surface area (Å²) >= 11 is -1.12. The number of benzene rings is 1. The molecule has 4 heteroatoms. The Morgan fingerprint density at radius 1 is 1.23 bits per heavy atom. The van der Waals surface area contributed by atoms with E-state index in [-0.39, 0.29) is 4.75 Å². The lowest BCUT2D eigenvalue weighted by Gasteiger charge is -2.20. The van der Waals surface area contributed by atoms with E-state index in [2.05, 4.69) is 39.6 Å². The average Bonchev–Trinajstić information content (AvgIpc) is 3.00. The molecular formula is C18H26N2OS. The first kappa shape index (κ1) is 16.0. The average molecular weight is 318 g/mol. The van der Waals surface area contributed by atoms with Crippen LogP contribution in [-0.4, -0.2) is 33.0 Å². The Hall–Kier alpha value is -0.840. The number of rotatable bonds is 3. The molecule has 0 bridgehead atoms. The van der Waals surface area contributed by atoms with Gasteiger partial charge < -0.3 is 4.55 Å². The van der Waals surface area contributed by atoms with Gasteiger partial charge in [0.2, 0.25) is 0 Å². The van der Waals surface area contributed by atoms with Crippen molar-refractivity contribution >= 4 is 17.1 Å². The molecular weight excluding hydrogens is 292 g/mol. The van der Waals surface area contributed by atoms with Gasteiger partial charge in [-0.25, -0.2) is 0 Å². The van der Waals surface area contributed by atoms with Crippen molar-refractivity contribution in [3.63, 3.8) is 0 Å². The predicted octanol–water partition coefficient (Wildman–Crippen LogP) is 3.43. The number of likely N-dealkylation sites (tertiary alicyclic amines) is 1. The smallest absolute Gasteiger partial charge is 0.144 e. The van der Waals surface area contributed by atoms with Gasteiger partial charge in [-0.2, -0.15) is 0 Å². The predicted molar refractivity (Wildman–Crippen MR) is 93.3 cm³/mol. The lowest BCUT2D eigenvalue weighted by molar-refractivity contribution is 0.312. The molecule has 0 N–H and O–H groups in total. The van der Waals surface area contributed by atoms with E-state index >= 15 is 0 Å². The third-order valence-corrected chi connectivity index (χ3v) is 6.14. The highest BCUT2D eigenvalue weighted by molar-refractivity contribution is 7.91. The Kier molecular flexibility index (Phi) is 4.62. The van der Waals surface area contributed by atoms with Crippen LogP contribution in [-0.2, 0) is 17.9 Å². The number of hydrogen-bond donors (Lipinski definition) is 0. The molecule has 1 saturated heterocycles. The molecule has 3 nitrogen and oxygen atoms in total. The molecule has 22 heavy (non-hydrogen) atoms. The van der Waals surface area contributed by atoms with E-state index in [0.717, 1.165) is 26.1 Å². The summed E-state index contributed by atoms with van der Waals surface area (Å²) in [6, 6.07) is 10.7. The summed E-state index contributed by atoms with van der Waals surface area (Å²) in [4.78, 5) is 2.53. The Bertz CT molecular complexity index is 538. The number of hydrogen-bond acceptors (Lipinski definition) is 3. The van der Waals surface area contributed by atoms with E-state index in [1.54, 1.807) is 0 Å². The van der Waals surface area contributed by atoms with Crippen LogP contribution in [0.2, 0.25) is 0 Å².